The van der Waals surface area contributed by atoms with Crippen molar-refractivity contribution in [3.8, 4) is 0 Å². The van der Waals surface area contributed by atoms with Crippen molar-refractivity contribution in [1.82, 2.24) is 4.98 Å². The standard InChI is InChI=1S/C17H15N3O3S/c1-9-5-3-6-10(2)13(9)18-15(21)11-7-4-8-12-14(11)19-16(24-12)20-17(22)23/h3-8H,1-2H3,(H,18,21)(H,19,20)(H,22,23). The van der Waals surface area contributed by atoms with Crippen molar-refractivity contribution < 1.29 is 14.7 Å². The van der Waals surface area contributed by atoms with Gasteiger partial charge in [0.2, 0.25) is 0 Å². The fourth-order valence-electron chi connectivity index (χ4n) is 2.47. The maximum absolute atomic E-state index is 12.7. The van der Waals surface area contributed by atoms with Gasteiger partial charge in [-0.05, 0) is 37.1 Å². The van der Waals surface area contributed by atoms with Gasteiger partial charge in [-0.2, -0.15) is 0 Å². The van der Waals surface area contributed by atoms with Crippen LogP contribution < -0.4 is 10.6 Å². The minimum absolute atomic E-state index is 0.241. The van der Waals surface area contributed by atoms with Gasteiger partial charge in [-0.25, -0.2) is 9.78 Å². The van der Waals surface area contributed by atoms with Crippen LogP contribution in [0.25, 0.3) is 10.2 Å². The number of aryl methyl sites for hydroxylation is 2. The zero-order valence-corrected chi connectivity index (χ0v) is 13.9. The Hall–Kier alpha value is -2.93. The maximum atomic E-state index is 12.7. The molecule has 1 aromatic heterocycles. The number of aromatic nitrogens is 1. The molecular weight excluding hydrogens is 326 g/mol. The van der Waals surface area contributed by atoms with E-state index in [1.807, 2.05) is 32.0 Å². The molecule has 0 aliphatic rings. The zero-order valence-electron chi connectivity index (χ0n) is 13.1. The fraction of sp³-hybridized carbons (Fsp3) is 0.118. The lowest BCUT2D eigenvalue weighted by molar-refractivity contribution is 0.102. The highest BCUT2D eigenvalue weighted by Gasteiger charge is 2.16. The van der Waals surface area contributed by atoms with Gasteiger partial charge in [-0.15, -0.1) is 0 Å². The molecule has 6 nitrogen and oxygen atoms in total. The Labute approximate surface area is 142 Å². The zero-order chi connectivity index (χ0) is 17.3. The van der Waals surface area contributed by atoms with Gasteiger partial charge in [0.05, 0.1) is 15.8 Å². The molecule has 0 bridgehead atoms. The molecule has 24 heavy (non-hydrogen) atoms. The van der Waals surface area contributed by atoms with Crippen molar-refractivity contribution in [3.63, 3.8) is 0 Å². The first kappa shape index (κ1) is 15.9. The highest BCUT2D eigenvalue weighted by Crippen LogP contribution is 2.29. The number of nitrogens with zero attached hydrogens (tertiary/aromatic N) is 1. The van der Waals surface area contributed by atoms with Crippen molar-refractivity contribution >= 4 is 44.4 Å². The van der Waals surface area contributed by atoms with Crippen LogP contribution in [0.15, 0.2) is 36.4 Å². The molecule has 0 aliphatic carbocycles. The predicted octanol–water partition coefficient (Wildman–Crippen LogP) is 4.26. The number of amides is 2. The van der Waals surface area contributed by atoms with E-state index >= 15 is 0 Å². The quantitative estimate of drug-likeness (QED) is 0.664. The van der Waals surface area contributed by atoms with Crippen LogP contribution >= 0.6 is 11.3 Å². The molecular formula is C17H15N3O3S. The average molecular weight is 341 g/mol. The van der Waals surface area contributed by atoms with Gasteiger partial charge in [-0.1, -0.05) is 35.6 Å². The molecule has 7 heteroatoms. The molecule has 2 aromatic carbocycles. The van der Waals surface area contributed by atoms with Crippen molar-refractivity contribution in [1.29, 1.82) is 0 Å². The molecule has 3 aromatic rings. The third-order valence-electron chi connectivity index (χ3n) is 3.60. The molecule has 1 heterocycles. The first-order valence-electron chi connectivity index (χ1n) is 7.23. The third kappa shape index (κ3) is 3.07. The Kier molecular flexibility index (Phi) is 4.18. The summed E-state index contributed by atoms with van der Waals surface area (Å²) in [5.41, 5.74) is 3.61. The van der Waals surface area contributed by atoms with E-state index in [1.54, 1.807) is 18.2 Å². The number of carbonyl (C=O) groups is 2. The molecule has 0 saturated heterocycles. The summed E-state index contributed by atoms with van der Waals surface area (Å²) in [6.45, 7) is 3.86. The summed E-state index contributed by atoms with van der Waals surface area (Å²) in [5.74, 6) is -0.273. The fourth-order valence-corrected chi connectivity index (χ4v) is 3.35. The minimum atomic E-state index is -1.18. The van der Waals surface area contributed by atoms with E-state index in [1.165, 1.54) is 11.3 Å². The van der Waals surface area contributed by atoms with Gasteiger partial charge in [-0.3, -0.25) is 10.1 Å². The summed E-state index contributed by atoms with van der Waals surface area (Å²) in [6.07, 6.45) is -1.18. The maximum Gasteiger partial charge on any atom is 0.410 e. The van der Waals surface area contributed by atoms with E-state index in [9.17, 15) is 9.59 Å². The minimum Gasteiger partial charge on any atom is -0.465 e. The molecule has 0 aliphatic heterocycles. The van der Waals surface area contributed by atoms with E-state index in [0.29, 0.717) is 11.1 Å². The second-order valence-electron chi connectivity index (χ2n) is 5.32. The van der Waals surface area contributed by atoms with Crippen LogP contribution in [0.3, 0.4) is 0 Å². The second-order valence-corrected chi connectivity index (χ2v) is 6.35. The number of thiazole rings is 1. The number of rotatable bonds is 3. The highest BCUT2D eigenvalue weighted by molar-refractivity contribution is 7.22. The SMILES string of the molecule is Cc1cccc(C)c1NC(=O)c1cccc2sc(NC(=O)O)nc12. The van der Waals surface area contributed by atoms with E-state index in [4.69, 9.17) is 5.11 Å². The van der Waals surface area contributed by atoms with Crippen molar-refractivity contribution in [2.75, 3.05) is 10.6 Å². The molecule has 3 N–H and O–H groups in total. The lowest BCUT2D eigenvalue weighted by Gasteiger charge is -2.11. The van der Waals surface area contributed by atoms with Crippen LogP contribution in [0.5, 0.6) is 0 Å². The summed E-state index contributed by atoms with van der Waals surface area (Å²) in [4.78, 5) is 27.7. The summed E-state index contributed by atoms with van der Waals surface area (Å²) < 4.78 is 0.743. The van der Waals surface area contributed by atoms with Gasteiger partial charge in [0.15, 0.2) is 5.13 Å². The molecule has 0 unspecified atom stereocenters. The predicted molar refractivity (Wildman–Crippen MR) is 95.1 cm³/mol. The van der Waals surface area contributed by atoms with Gasteiger partial charge in [0, 0.05) is 5.69 Å². The number of para-hydroxylation sites is 2. The Morgan fingerprint density at radius 1 is 1.04 bits per heavy atom. The summed E-state index contributed by atoms with van der Waals surface area (Å²) in [7, 11) is 0. The monoisotopic (exact) mass is 341 g/mol. The number of benzene rings is 2. The average Bonchev–Trinajstić information content (AvgIpc) is 2.92. The highest BCUT2D eigenvalue weighted by atomic mass is 32.1. The van der Waals surface area contributed by atoms with E-state index in [2.05, 4.69) is 15.6 Å². The number of hydrogen-bond donors (Lipinski definition) is 3. The molecule has 122 valence electrons. The van der Waals surface area contributed by atoms with Crippen LogP contribution in [0.2, 0.25) is 0 Å². The molecule has 2 amide bonds. The van der Waals surface area contributed by atoms with Crippen molar-refractivity contribution in [2.45, 2.75) is 13.8 Å². The first-order valence-corrected chi connectivity index (χ1v) is 8.04. The van der Waals surface area contributed by atoms with Crippen LogP contribution in [0, 0.1) is 13.8 Å². The molecule has 0 saturated carbocycles. The van der Waals surface area contributed by atoms with Gasteiger partial charge >= 0.3 is 6.09 Å². The number of hydrogen-bond acceptors (Lipinski definition) is 4. The first-order chi connectivity index (χ1) is 11.5. The van der Waals surface area contributed by atoms with Crippen LogP contribution in [-0.2, 0) is 0 Å². The molecule has 0 fully saturated rings. The molecule has 0 spiro atoms. The van der Waals surface area contributed by atoms with Gasteiger partial charge < -0.3 is 10.4 Å². The van der Waals surface area contributed by atoms with Gasteiger partial charge in [0.25, 0.3) is 5.91 Å². The lowest BCUT2D eigenvalue weighted by Crippen LogP contribution is -2.14. The van der Waals surface area contributed by atoms with Crippen molar-refractivity contribution in [3.05, 3.63) is 53.1 Å². The van der Waals surface area contributed by atoms with E-state index in [0.717, 1.165) is 21.5 Å². The largest absolute Gasteiger partial charge is 0.465 e. The number of carbonyl (C=O) groups excluding carboxylic acids is 1. The molecule has 0 radical (unpaired) electrons. The third-order valence-corrected chi connectivity index (χ3v) is 4.53. The van der Waals surface area contributed by atoms with Crippen molar-refractivity contribution in [2.24, 2.45) is 0 Å². The molecule has 3 rings (SSSR count). The van der Waals surface area contributed by atoms with E-state index in [-0.39, 0.29) is 11.0 Å². The second kappa shape index (κ2) is 6.29. The van der Waals surface area contributed by atoms with Crippen LogP contribution in [0.1, 0.15) is 21.5 Å². The Balaban J connectivity index is 1.98. The Morgan fingerprint density at radius 3 is 2.38 bits per heavy atom. The summed E-state index contributed by atoms with van der Waals surface area (Å²) in [6, 6.07) is 11.0. The number of carboxylic acid groups (broad SMARTS) is 1. The molecule has 0 atom stereocenters. The van der Waals surface area contributed by atoms with E-state index < -0.39 is 6.09 Å². The number of nitrogens with one attached hydrogen (secondary N) is 2. The Morgan fingerprint density at radius 2 is 1.71 bits per heavy atom. The topological polar surface area (TPSA) is 91.3 Å². The summed E-state index contributed by atoms with van der Waals surface area (Å²) in [5, 5.41) is 14.2. The number of fused-ring (bicyclic) bond motifs is 1. The normalized spacial score (nSPS) is 10.6. The van der Waals surface area contributed by atoms with Gasteiger partial charge in [0.1, 0.15) is 0 Å². The van der Waals surface area contributed by atoms with Crippen LogP contribution in [-0.4, -0.2) is 22.1 Å². The van der Waals surface area contributed by atoms with Crippen LogP contribution in [0.4, 0.5) is 15.6 Å². The Bertz CT molecular complexity index is 929. The smallest absolute Gasteiger partial charge is 0.410 e. The summed E-state index contributed by atoms with van der Waals surface area (Å²) >= 11 is 1.19. The number of anilines is 2. The lowest BCUT2D eigenvalue weighted by atomic mass is 10.1.